The molecular weight excluding hydrogens is 522 g/mol. The minimum absolute atomic E-state index is 0.0385. The third kappa shape index (κ3) is 7.52. The number of benzene rings is 2. The summed E-state index contributed by atoms with van der Waals surface area (Å²) >= 11 is 0.0412. The van der Waals surface area contributed by atoms with E-state index in [1.807, 2.05) is 36.4 Å². The zero-order valence-corrected chi connectivity index (χ0v) is 21.3. The Morgan fingerprint density at radius 1 is 0.903 bits per heavy atom. The summed E-state index contributed by atoms with van der Waals surface area (Å²) in [5.74, 6) is -1.09. The molecule has 2 aromatic rings. The molecule has 6 heteroatoms. The fourth-order valence-electron chi connectivity index (χ4n) is 2.92. The van der Waals surface area contributed by atoms with E-state index < -0.39 is 17.4 Å². The van der Waals surface area contributed by atoms with Crippen molar-refractivity contribution >= 4 is 50.8 Å². The Kier molecular flexibility index (Phi) is 10.8. The summed E-state index contributed by atoms with van der Waals surface area (Å²) in [6.45, 7) is 7.68. The molecule has 0 saturated heterocycles. The van der Waals surface area contributed by atoms with Gasteiger partial charge in [-0.1, -0.05) is 0 Å². The molecule has 0 aromatic heterocycles. The summed E-state index contributed by atoms with van der Waals surface area (Å²) in [6.07, 6.45) is 2.04. The monoisotopic (exact) mass is 552 g/mol. The first-order valence-electron chi connectivity index (χ1n) is 10.1. The van der Waals surface area contributed by atoms with E-state index in [2.05, 4.69) is 35.8 Å². The van der Waals surface area contributed by atoms with E-state index in [-0.39, 0.29) is 56.0 Å². The molecule has 2 aromatic carbocycles. The van der Waals surface area contributed by atoms with Crippen LogP contribution in [0.15, 0.2) is 82.8 Å². The number of carbonyl (C=O) groups excluding carboxylic acids is 2. The van der Waals surface area contributed by atoms with Gasteiger partial charge in [-0.05, 0) is 0 Å². The zero-order chi connectivity index (χ0) is 22.5. The van der Waals surface area contributed by atoms with Crippen molar-refractivity contribution in [1.29, 1.82) is 0 Å². The molecule has 4 nitrogen and oxygen atoms in total. The van der Waals surface area contributed by atoms with Crippen molar-refractivity contribution in [2.45, 2.75) is 26.7 Å². The van der Waals surface area contributed by atoms with Gasteiger partial charge in [0.2, 0.25) is 0 Å². The minimum atomic E-state index is -1.41. The van der Waals surface area contributed by atoms with Gasteiger partial charge in [-0.15, -0.1) is 0 Å². The second-order valence-electron chi connectivity index (χ2n) is 6.62. The van der Waals surface area contributed by atoms with Crippen molar-refractivity contribution in [3.63, 3.8) is 0 Å². The predicted octanol–water partition coefficient (Wildman–Crippen LogP) is 2.97. The molecule has 0 N–H and O–H groups in total. The van der Waals surface area contributed by atoms with Gasteiger partial charge in [-0.3, -0.25) is 0 Å². The van der Waals surface area contributed by atoms with Crippen LogP contribution in [-0.2, 0) is 19.1 Å². The van der Waals surface area contributed by atoms with Gasteiger partial charge in [0.15, 0.2) is 0 Å². The topological polar surface area (TPSA) is 52.6 Å². The SMILES string of the molecule is C=CCC(C/C(=C\[Se]c1ccccc1)[Se]c1ccccc1)(C(=O)OCC)C(=O)OCC. The van der Waals surface area contributed by atoms with Crippen LogP contribution in [0.25, 0.3) is 0 Å². The van der Waals surface area contributed by atoms with E-state index in [1.54, 1.807) is 19.9 Å². The number of esters is 2. The first kappa shape index (κ1) is 25.2. The van der Waals surface area contributed by atoms with Crippen LogP contribution in [0.3, 0.4) is 0 Å². The zero-order valence-electron chi connectivity index (χ0n) is 17.9. The number of ether oxygens (including phenoxy) is 2. The normalized spacial score (nSPS) is 11.6. The maximum absolute atomic E-state index is 13.0. The molecule has 0 spiro atoms. The fraction of sp³-hybridized carbons (Fsp3) is 0.280. The molecule has 0 atom stereocenters. The van der Waals surface area contributed by atoms with Crippen LogP contribution in [0.5, 0.6) is 0 Å². The average Bonchev–Trinajstić information content (AvgIpc) is 2.78. The summed E-state index contributed by atoms with van der Waals surface area (Å²) in [4.78, 5) is 28.3. The summed E-state index contributed by atoms with van der Waals surface area (Å²) in [6, 6.07) is 20.4. The second kappa shape index (κ2) is 13.3. The molecule has 0 radical (unpaired) electrons. The Morgan fingerprint density at radius 3 is 1.90 bits per heavy atom. The number of hydrogen-bond acceptors (Lipinski definition) is 4. The molecule has 0 aliphatic rings. The predicted molar refractivity (Wildman–Crippen MR) is 127 cm³/mol. The van der Waals surface area contributed by atoms with Crippen LogP contribution in [0.1, 0.15) is 26.7 Å². The van der Waals surface area contributed by atoms with Crippen LogP contribution in [0, 0.1) is 5.41 Å². The molecule has 0 bridgehead atoms. The van der Waals surface area contributed by atoms with Gasteiger partial charge in [0.05, 0.1) is 0 Å². The summed E-state index contributed by atoms with van der Waals surface area (Å²) < 4.78 is 14.2. The van der Waals surface area contributed by atoms with Crippen molar-refractivity contribution in [2.75, 3.05) is 13.2 Å². The molecular formula is C25H28O4Se2. The van der Waals surface area contributed by atoms with E-state index in [1.165, 1.54) is 8.92 Å². The third-order valence-electron chi connectivity index (χ3n) is 4.36. The number of carbonyl (C=O) groups is 2. The average molecular weight is 550 g/mol. The molecule has 2 rings (SSSR count). The van der Waals surface area contributed by atoms with E-state index in [0.29, 0.717) is 0 Å². The van der Waals surface area contributed by atoms with Gasteiger partial charge in [0.1, 0.15) is 0 Å². The van der Waals surface area contributed by atoms with Crippen LogP contribution in [0.4, 0.5) is 0 Å². The van der Waals surface area contributed by atoms with Crippen LogP contribution in [-0.4, -0.2) is 55.1 Å². The van der Waals surface area contributed by atoms with E-state index >= 15 is 0 Å². The standard InChI is InChI=1S/C25H28O4Se2/c1-4-17-25(23(26)28-5-2,24(27)29-6-3)18-22(31-21-15-11-8-12-16-21)19-30-20-13-9-7-10-14-20/h4,7-16,19H,1,5-6,17-18H2,2-3H3/b22-19+. The summed E-state index contributed by atoms with van der Waals surface area (Å²) in [7, 11) is 0. The Hall–Kier alpha value is -2.10. The molecule has 164 valence electrons. The molecule has 0 saturated carbocycles. The maximum atomic E-state index is 13.0. The van der Waals surface area contributed by atoms with Gasteiger partial charge in [-0.25, -0.2) is 0 Å². The van der Waals surface area contributed by atoms with Gasteiger partial charge < -0.3 is 0 Å². The molecule has 0 unspecified atom stereocenters. The Morgan fingerprint density at radius 2 is 1.42 bits per heavy atom. The van der Waals surface area contributed by atoms with Crippen molar-refractivity contribution in [2.24, 2.45) is 5.41 Å². The molecule has 0 fully saturated rings. The number of rotatable bonds is 12. The molecule has 0 aliphatic heterocycles. The van der Waals surface area contributed by atoms with Gasteiger partial charge in [0, 0.05) is 0 Å². The van der Waals surface area contributed by atoms with Crippen molar-refractivity contribution in [3.8, 4) is 0 Å². The van der Waals surface area contributed by atoms with Gasteiger partial charge >= 0.3 is 198 Å². The second-order valence-corrected chi connectivity index (χ2v) is 11.1. The van der Waals surface area contributed by atoms with Gasteiger partial charge in [-0.2, -0.15) is 0 Å². The Balaban J connectivity index is 2.44. The Bertz CT molecular complexity index is 861. The van der Waals surface area contributed by atoms with Crippen molar-refractivity contribution in [3.05, 3.63) is 82.8 Å². The van der Waals surface area contributed by atoms with E-state index in [9.17, 15) is 9.59 Å². The summed E-state index contributed by atoms with van der Waals surface area (Å²) in [5, 5.41) is 0. The van der Waals surface area contributed by atoms with Gasteiger partial charge in [0.25, 0.3) is 0 Å². The number of hydrogen-bond donors (Lipinski definition) is 0. The Labute approximate surface area is 197 Å². The quantitative estimate of drug-likeness (QED) is 0.177. The van der Waals surface area contributed by atoms with Crippen molar-refractivity contribution in [1.82, 2.24) is 0 Å². The van der Waals surface area contributed by atoms with Crippen LogP contribution in [0.2, 0.25) is 0 Å². The van der Waals surface area contributed by atoms with E-state index in [0.717, 1.165) is 4.47 Å². The molecule has 0 heterocycles. The third-order valence-corrected chi connectivity index (χ3v) is 9.27. The first-order chi connectivity index (χ1) is 15.1. The van der Waals surface area contributed by atoms with Crippen molar-refractivity contribution < 1.29 is 19.1 Å². The first-order valence-corrected chi connectivity index (χ1v) is 13.7. The molecule has 0 aliphatic carbocycles. The van der Waals surface area contributed by atoms with E-state index in [4.69, 9.17) is 9.47 Å². The number of allylic oxidation sites excluding steroid dienone is 2. The molecule has 31 heavy (non-hydrogen) atoms. The summed E-state index contributed by atoms with van der Waals surface area (Å²) in [5.41, 5.74) is -1.41. The van der Waals surface area contributed by atoms with Crippen LogP contribution < -0.4 is 8.92 Å². The fourth-order valence-corrected chi connectivity index (χ4v) is 7.39. The molecule has 0 amide bonds. The van der Waals surface area contributed by atoms with Crippen LogP contribution >= 0.6 is 0 Å².